The zero-order valence-electron chi connectivity index (χ0n) is 6.53. The number of carbonyl (C=O) groups excluding carboxylic acids is 1. The lowest BCUT2D eigenvalue weighted by Gasteiger charge is -2.15. The molecule has 0 N–H and O–H groups in total. The van der Waals surface area contributed by atoms with Crippen molar-refractivity contribution in [3.8, 4) is 0 Å². The minimum absolute atomic E-state index is 0.131. The van der Waals surface area contributed by atoms with E-state index in [-0.39, 0.29) is 11.7 Å². The Balaban J connectivity index is 3.69. The maximum atomic E-state index is 10.6. The first-order valence-electron chi connectivity index (χ1n) is 3.37. The molecule has 66 valence electrons. The molecule has 0 bridgehead atoms. The SMILES string of the molecule is CC(=O)CC(C)CC(Cl)(Cl)Cl. The summed E-state index contributed by atoms with van der Waals surface area (Å²) in [5.74, 6) is 0.270. The van der Waals surface area contributed by atoms with Gasteiger partial charge in [0.1, 0.15) is 5.78 Å². The van der Waals surface area contributed by atoms with Gasteiger partial charge in [-0.25, -0.2) is 0 Å². The highest BCUT2D eigenvalue weighted by Crippen LogP contribution is 2.34. The second-order valence-corrected chi connectivity index (χ2v) is 5.35. The molecule has 0 aromatic heterocycles. The van der Waals surface area contributed by atoms with Gasteiger partial charge in [0, 0.05) is 6.42 Å². The summed E-state index contributed by atoms with van der Waals surface area (Å²) in [5.41, 5.74) is 0. The predicted octanol–water partition coefficient (Wildman–Crippen LogP) is 3.36. The minimum Gasteiger partial charge on any atom is -0.300 e. The third kappa shape index (κ3) is 8.45. The van der Waals surface area contributed by atoms with Crippen LogP contribution in [0.3, 0.4) is 0 Å². The Hall–Kier alpha value is 0.540. The predicted molar refractivity (Wildman–Crippen MR) is 49.4 cm³/mol. The molecular formula is C7H11Cl3O. The maximum Gasteiger partial charge on any atom is 0.190 e. The van der Waals surface area contributed by atoms with Crippen molar-refractivity contribution in [1.29, 1.82) is 0 Å². The number of Topliss-reactive ketones (excluding diaryl/α,β-unsaturated/α-hetero) is 1. The van der Waals surface area contributed by atoms with Crippen molar-refractivity contribution in [3.05, 3.63) is 0 Å². The Morgan fingerprint density at radius 3 is 2.18 bits per heavy atom. The van der Waals surface area contributed by atoms with Gasteiger partial charge in [-0.3, -0.25) is 0 Å². The van der Waals surface area contributed by atoms with Gasteiger partial charge in [-0.2, -0.15) is 0 Å². The molecule has 0 saturated carbocycles. The van der Waals surface area contributed by atoms with Crippen LogP contribution in [0.2, 0.25) is 0 Å². The summed E-state index contributed by atoms with van der Waals surface area (Å²) in [5, 5.41) is 0. The van der Waals surface area contributed by atoms with Crippen LogP contribution in [0.1, 0.15) is 26.7 Å². The number of halogens is 3. The number of carbonyl (C=O) groups is 1. The van der Waals surface area contributed by atoms with Crippen LogP contribution in [-0.2, 0) is 4.79 Å². The van der Waals surface area contributed by atoms with Crippen LogP contribution in [0.15, 0.2) is 0 Å². The third-order valence-electron chi connectivity index (χ3n) is 1.22. The molecule has 0 aromatic carbocycles. The van der Waals surface area contributed by atoms with Gasteiger partial charge in [0.15, 0.2) is 3.79 Å². The van der Waals surface area contributed by atoms with Gasteiger partial charge in [-0.05, 0) is 19.3 Å². The summed E-state index contributed by atoms with van der Waals surface area (Å²) in [6.45, 7) is 3.43. The fourth-order valence-corrected chi connectivity index (χ4v) is 1.75. The van der Waals surface area contributed by atoms with Crippen molar-refractivity contribution in [3.63, 3.8) is 0 Å². The van der Waals surface area contributed by atoms with E-state index in [1.165, 1.54) is 6.92 Å². The standard InChI is InChI=1S/C7H11Cl3O/c1-5(3-6(2)11)4-7(8,9)10/h5H,3-4H2,1-2H3. The molecule has 1 unspecified atom stereocenters. The van der Waals surface area contributed by atoms with Gasteiger partial charge in [-0.1, -0.05) is 41.7 Å². The summed E-state index contributed by atoms with van der Waals surface area (Å²) in [4.78, 5) is 10.6. The Labute approximate surface area is 82.0 Å². The van der Waals surface area contributed by atoms with Crippen LogP contribution < -0.4 is 0 Å². The number of hydrogen-bond acceptors (Lipinski definition) is 1. The summed E-state index contributed by atoms with van der Waals surface area (Å²) in [7, 11) is 0. The molecule has 0 aliphatic carbocycles. The molecule has 0 fully saturated rings. The van der Waals surface area contributed by atoms with Crippen LogP contribution in [0.5, 0.6) is 0 Å². The first-order chi connectivity index (χ1) is 4.81. The molecule has 0 aliphatic rings. The van der Waals surface area contributed by atoms with E-state index in [1.807, 2.05) is 6.92 Å². The lowest BCUT2D eigenvalue weighted by atomic mass is 10.0. The molecule has 0 aromatic rings. The first-order valence-corrected chi connectivity index (χ1v) is 4.51. The average Bonchev–Trinajstić information content (AvgIpc) is 1.53. The zero-order chi connectivity index (χ0) is 9.07. The first kappa shape index (κ1) is 11.5. The van der Waals surface area contributed by atoms with E-state index in [9.17, 15) is 4.79 Å². The molecule has 0 rings (SSSR count). The molecule has 1 nitrogen and oxygen atoms in total. The highest BCUT2D eigenvalue weighted by molar-refractivity contribution is 6.67. The van der Waals surface area contributed by atoms with Crippen molar-refractivity contribution < 1.29 is 4.79 Å². The van der Waals surface area contributed by atoms with E-state index in [2.05, 4.69) is 0 Å². The van der Waals surface area contributed by atoms with E-state index in [1.54, 1.807) is 0 Å². The summed E-state index contributed by atoms with van der Waals surface area (Å²) in [6.07, 6.45) is 0.908. The Morgan fingerprint density at radius 1 is 1.45 bits per heavy atom. The lowest BCUT2D eigenvalue weighted by molar-refractivity contribution is -0.117. The zero-order valence-corrected chi connectivity index (χ0v) is 8.80. The lowest BCUT2D eigenvalue weighted by Crippen LogP contribution is -2.11. The van der Waals surface area contributed by atoms with E-state index in [0.717, 1.165) is 0 Å². The quantitative estimate of drug-likeness (QED) is 0.663. The van der Waals surface area contributed by atoms with Crippen LogP contribution in [0.25, 0.3) is 0 Å². The van der Waals surface area contributed by atoms with Crippen molar-refractivity contribution in [2.24, 2.45) is 5.92 Å². The van der Waals surface area contributed by atoms with E-state index in [4.69, 9.17) is 34.8 Å². The number of alkyl halides is 3. The molecule has 0 amide bonds. The van der Waals surface area contributed by atoms with Crippen LogP contribution in [-0.4, -0.2) is 9.58 Å². The molecular weight excluding hydrogens is 206 g/mol. The average molecular weight is 218 g/mol. The van der Waals surface area contributed by atoms with E-state index in [0.29, 0.717) is 12.8 Å². The normalized spacial score (nSPS) is 14.6. The maximum absolute atomic E-state index is 10.6. The van der Waals surface area contributed by atoms with Crippen molar-refractivity contribution >= 4 is 40.6 Å². The van der Waals surface area contributed by atoms with Gasteiger partial charge >= 0.3 is 0 Å². The summed E-state index contributed by atoms with van der Waals surface area (Å²) in [6, 6.07) is 0. The van der Waals surface area contributed by atoms with Crippen molar-refractivity contribution in [2.45, 2.75) is 30.5 Å². The summed E-state index contributed by atoms with van der Waals surface area (Å²) < 4.78 is -1.23. The number of rotatable bonds is 3. The fraction of sp³-hybridized carbons (Fsp3) is 0.857. The van der Waals surface area contributed by atoms with Crippen LogP contribution >= 0.6 is 34.8 Å². The molecule has 0 aliphatic heterocycles. The van der Waals surface area contributed by atoms with Crippen molar-refractivity contribution in [2.75, 3.05) is 0 Å². The Morgan fingerprint density at radius 2 is 1.91 bits per heavy atom. The van der Waals surface area contributed by atoms with Gasteiger partial charge in [0.05, 0.1) is 0 Å². The number of hydrogen-bond donors (Lipinski definition) is 0. The third-order valence-corrected chi connectivity index (χ3v) is 1.68. The molecule has 0 spiro atoms. The summed E-state index contributed by atoms with van der Waals surface area (Å²) >= 11 is 16.6. The topological polar surface area (TPSA) is 17.1 Å². The van der Waals surface area contributed by atoms with E-state index >= 15 is 0 Å². The van der Waals surface area contributed by atoms with Gasteiger partial charge < -0.3 is 4.79 Å². The Bertz CT molecular complexity index is 139. The minimum atomic E-state index is -1.23. The Kier molecular flexibility index (Phi) is 4.76. The number of ketones is 1. The van der Waals surface area contributed by atoms with E-state index < -0.39 is 3.79 Å². The molecule has 4 heteroatoms. The van der Waals surface area contributed by atoms with Crippen molar-refractivity contribution in [1.82, 2.24) is 0 Å². The molecule has 1 atom stereocenters. The smallest absolute Gasteiger partial charge is 0.190 e. The van der Waals surface area contributed by atoms with Gasteiger partial charge in [-0.15, -0.1) is 0 Å². The highest BCUT2D eigenvalue weighted by atomic mass is 35.6. The van der Waals surface area contributed by atoms with Gasteiger partial charge in [0.2, 0.25) is 0 Å². The molecule has 0 heterocycles. The van der Waals surface area contributed by atoms with Gasteiger partial charge in [0.25, 0.3) is 0 Å². The second kappa shape index (κ2) is 4.54. The fourth-order valence-electron chi connectivity index (χ4n) is 0.958. The van der Waals surface area contributed by atoms with Crippen LogP contribution in [0, 0.1) is 5.92 Å². The molecule has 11 heavy (non-hydrogen) atoms. The highest BCUT2D eigenvalue weighted by Gasteiger charge is 2.23. The monoisotopic (exact) mass is 216 g/mol. The molecule has 0 radical (unpaired) electrons. The second-order valence-electron chi connectivity index (χ2n) is 2.83. The largest absolute Gasteiger partial charge is 0.300 e. The van der Waals surface area contributed by atoms with Crippen LogP contribution in [0.4, 0.5) is 0 Å². The molecule has 0 saturated heterocycles.